The maximum Gasteiger partial charge on any atom is 0.319 e. The molecule has 134 valence electrons. The van der Waals surface area contributed by atoms with Crippen LogP contribution in [0.5, 0.6) is 0 Å². The van der Waals surface area contributed by atoms with Gasteiger partial charge in [0.05, 0.1) is 5.60 Å². The normalized spacial score (nSPS) is 17.8. The Morgan fingerprint density at radius 2 is 1.71 bits per heavy atom. The summed E-state index contributed by atoms with van der Waals surface area (Å²) < 4.78 is 0.167. The predicted octanol–water partition coefficient (Wildman–Crippen LogP) is 4.78. The molecule has 1 aromatic carbocycles. The molecule has 3 N–H and O–H groups in total. The van der Waals surface area contributed by atoms with Crippen LogP contribution in [-0.4, -0.2) is 28.0 Å². The second-order valence-corrected chi connectivity index (χ2v) is 9.59. The van der Waals surface area contributed by atoms with Crippen LogP contribution in [0.3, 0.4) is 0 Å². The summed E-state index contributed by atoms with van der Waals surface area (Å²) in [5.41, 5.74) is 0.0136. The first kappa shape index (κ1) is 19.1. The van der Waals surface area contributed by atoms with Crippen molar-refractivity contribution in [1.82, 2.24) is 5.32 Å². The van der Waals surface area contributed by atoms with Gasteiger partial charge < -0.3 is 15.7 Å². The zero-order chi connectivity index (χ0) is 17.6. The molecule has 0 aromatic heterocycles. The Balaban J connectivity index is 1.81. The molecule has 0 bridgehead atoms. The molecule has 1 fully saturated rings. The van der Waals surface area contributed by atoms with Crippen molar-refractivity contribution in [3.05, 3.63) is 24.3 Å². The van der Waals surface area contributed by atoms with Crippen molar-refractivity contribution < 1.29 is 9.90 Å². The zero-order valence-corrected chi connectivity index (χ0v) is 15.8. The lowest BCUT2D eigenvalue weighted by Gasteiger charge is -2.26. The number of nitrogens with one attached hydrogen (secondary N) is 2. The van der Waals surface area contributed by atoms with Gasteiger partial charge in [-0.2, -0.15) is 0 Å². The minimum absolute atomic E-state index is 0.167. The van der Waals surface area contributed by atoms with Crippen LogP contribution in [-0.2, 0) is 0 Å². The molecule has 0 heterocycles. The van der Waals surface area contributed by atoms with Crippen molar-refractivity contribution in [1.29, 1.82) is 0 Å². The first-order chi connectivity index (χ1) is 11.3. The van der Waals surface area contributed by atoms with Gasteiger partial charge in [0.25, 0.3) is 0 Å². The monoisotopic (exact) mass is 350 g/mol. The quantitative estimate of drug-likeness (QED) is 0.541. The Kier molecular flexibility index (Phi) is 6.58. The Morgan fingerprint density at radius 1 is 1.12 bits per heavy atom. The number of rotatable bonds is 4. The van der Waals surface area contributed by atoms with Crippen molar-refractivity contribution in [2.45, 2.75) is 74.5 Å². The zero-order valence-electron chi connectivity index (χ0n) is 15.0. The molecule has 0 radical (unpaired) electrons. The second kappa shape index (κ2) is 8.26. The second-order valence-electron chi connectivity index (χ2n) is 7.69. The van der Waals surface area contributed by atoms with Gasteiger partial charge >= 0.3 is 6.03 Å². The van der Waals surface area contributed by atoms with E-state index >= 15 is 0 Å². The third-order valence-electron chi connectivity index (χ3n) is 4.15. The van der Waals surface area contributed by atoms with Gasteiger partial charge in [0.2, 0.25) is 0 Å². The van der Waals surface area contributed by atoms with Crippen LogP contribution in [0.25, 0.3) is 0 Å². The van der Waals surface area contributed by atoms with Crippen molar-refractivity contribution >= 4 is 23.5 Å². The molecular formula is C19H30N2O2S. The number of urea groups is 1. The van der Waals surface area contributed by atoms with E-state index in [0.29, 0.717) is 6.54 Å². The topological polar surface area (TPSA) is 61.4 Å². The van der Waals surface area contributed by atoms with Crippen LogP contribution in [0.4, 0.5) is 10.5 Å². The van der Waals surface area contributed by atoms with Crippen LogP contribution in [0.1, 0.15) is 59.3 Å². The Morgan fingerprint density at radius 3 is 2.25 bits per heavy atom. The fourth-order valence-corrected chi connectivity index (χ4v) is 3.92. The van der Waals surface area contributed by atoms with Crippen molar-refractivity contribution in [2.24, 2.45) is 0 Å². The minimum atomic E-state index is -0.749. The Hall–Kier alpha value is -1.20. The van der Waals surface area contributed by atoms with E-state index in [-0.39, 0.29) is 10.8 Å². The average molecular weight is 351 g/mol. The molecule has 0 saturated heterocycles. The third kappa shape index (κ3) is 6.73. The molecule has 1 saturated carbocycles. The summed E-state index contributed by atoms with van der Waals surface area (Å²) in [4.78, 5) is 13.2. The van der Waals surface area contributed by atoms with E-state index in [1.165, 1.54) is 17.7 Å². The Bertz CT molecular complexity index is 529. The maximum absolute atomic E-state index is 12.1. The van der Waals surface area contributed by atoms with Gasteiger partial charge in [-0.15, -0.1) is 11.8 Å². The molecule has 1 aliphatic rings. The summed E-state index contributed by atoms with van der Waals surface area (Å²) in [6.07, 6.45) is 5.96. The van der Waals surface area contributed by atoms with Gasteiger partial charge in [0.1, 0.15) is 0 Å². The lowest BCUT2D eigenvalue weighted by molar-refractivity contribution is 0.0281. The number of hydrogen-bond acceptors (Lipinski definition) is 3. The molecule has 2 rings (SSSR count). The standard InChI is InChI=1S/C19H30N2O2S/c1-18(2,3)24-16-10-8-15(9-11-16)21-17(22)20-14-19(23)12-6-4-5-7-13-19/h8-11,23H,4-7,12-14H2,1-3H3,(H2,20,21,22). The number of anilines is 1. The van der Waals surface area contributed by atoms with Gasteiger partial charge in [0.15, 0.2) is 0 Å². The van der Waals surface area contributed by atoms with Gasteiger partial charge in [-0.1, -0.05) is 46.5 Å². The van der Waals surface area contributed by atoms with E-state index in [1.54, 1.807) is 11.8 Å². The van der Waals surface area contributed by atoms with E-state index in [0.717, 1.165) is 31.4 Å². The number of benzene rings is 1. The lowest BCUT2D eigenvalue weighted by Crippen LogP contribution is -2.44. The highest BCUT2D eigenvalue weighted by atomic mass is 32.2. The number of carbonyl (C=O) groups is 1. The number of hydrogen-bond donors (Lipinski definition) is 3. The van der Waals surface area contributed by atoms with E-state index in [4.69, 9.17) is 0 Å². The molecule has 0 aliphatic heterocycles. The van der Waals surface area contributed by atoms with Crippen LogP contribution in [0, 0.1) is 0 Å². The van der Waals surface area contributed by atoms with E-state index < -0.39 is 5.60 Å². The largest absolute Gasteiger partial charge is 0.388 e. The van der Waals surface area contributed by atoms with Crippen LogP contribution >= 0.6 is 11.8 Å². The summed E-state index contributed by atoms with van der Waals surface area (Å²) in [6.45, 7) is 6.84. The number of amides is 2. The van der Waals surface area contributed by atoms with Crippen LogP contribution in [0.15, 0.2) is 29.2 Å². The van der Waals surface area contributed by atoms with Gasteiger partial charge in [-0.25, -0.2) is 4.79 Å². The first-order valence-corrected chi connectivity index (χ1v) is 9.64. The third-order valence-corrected chi connectivity index (χ3v) is 5.27. The molecule has 4 nitrogen and oxygen atoms in total. The summed E-state index contributed by atoms with van der Waals surface area (Å²) in [5, 5.41) is 16.2. The maximum atomic E-state index is 12.1. The average Bonchev–Trinajstić information content (AvgIpc) is 2.71. The Labute approximate surface area is 149 Å². The number of carbonyl (C=O) groups excluding carboxylic acids is 1. The molecule has 2 amide bonds. The van der Waals surface area contributed by atoms with E-state index in [2.05, 4.69) is 31.4 Å². The highest BCUT2D eigenvalue weighted by Crippen LogP contribution is 2.32. The smallest absolute Gasteiger partial charge is 0.319 e. The molecule has 0 atom stereocenters. The van der Waals surface area contributed by atoms with Gasteiger partial charge in [0, 0.05) is 21.9 Å². The van der Waals surface area contributed by atoms with Crippen molar-refractivity contribution in [3.63, 3.8) is 0 Å². The fourth-order valence-electron chi connectivity index (χ4n) is 2.94. The highest BCUT2D eigenvalue weighted by Gasteiger charge is 2.28. The van der Waals surface area contributed by atoms with Crippen molar-refractivity contribution in [2.75, 3.05) is 11.9 Å². The summed E-state index contributed by atoms with van der Waals surface area (Å²) >= 11 is 1.80. The summed E-state index contributed by atoms with van der Waals surface area (Å²) in [6, 6.07) is 7.60. The minimum Gasteiger partial charge on any atom is -0.388 e. The molecule has 5 heteroatoms. The molecule has 0 spiro atoms. The molecule has 24 heavy (non-hydrogen) atoms. The van der Waals surface area contributed by atoms with Gasteiger partial charge in [-0.3, -0.25) is 0 Å². The highest BCUT2D eigenvalue weighted by molar-refractivity contribution is 8.00. The lowest BCUT2D eigenvalue weighted by atomic mass is 9.95. The van der Waals surface area contributed by atoms with Crippen LogP contribution < -0.4 is 10.6 Å². The van der Waals surface area contributed by atoms with E-state index in [9.17, 15) is 9.90 Å². The molecule has 0 unspecified atom stereocenters. The summed E-state index contributed by atoms with van der Waals surface area (Å²) in [7, 11) is 0. The molecule has 1 aromatic rings. The predicted molar refractivity (Wildman–Crippen MR) is 102 cm³/mol. The number of thioether (sulfide) groups is 1. The van der Waals surface area contributed by atoms with E-state index in [1.807, 2.05) is 24.3 Å². The van der Waals surface area contributed by atoms with Crippen molar-refractivity contribution in [3.8, 4) is 0 Å². The summed E-state index contributed by atoms with van der Waals surface area (Å²) in [5.74, 6) is 0. The molecular weight excluding hydrogens is 320 g/mol. The fraction of sp³-hybridized carbons (Fsp3) is 0.632. The molecule has 1 aliphatic carbocycles. The van der Waals surface area contributed by atoms with Crippen LogP contribution in [0.2, 0.25) is 0 Å². The first-order valence-electron chi connectivity index (χ1n) is 8.82. The number of aliphatic hydroxyl groups is 1. The van der Waals surface area contributed by atoms with Gasteiger partial charge in [-0.05, 0) is 37.1 Å². The SMILES string of the molecule is CC(C)(C)Sc1ccc(NC(=O)NCC2(O)CCCCCC2)cc1.